The molecule has 2 aromatic rings. The second-order valence-electron chi connectivity index (χ2n) is 6.48. The van der Waals surface area contributed by atoms with Gasteiger partial charge in [-0.2, -0.15) is 0 Å². The van der Waals surface area contributed by atoms with Crippen molar-refractivity contribution in [2.24, 2.45) is 0 Å². The standard InChI is InChI=1S/C21H25N3O3/c1-3-27-19-8-5-4-7-18(19)23-21(26)15(2)22-16-10-12-17(13-11-16)24-14-6-9-20(24)25/h4-5,7-8,10-13,15,22H,3,6,9,14H2,1-2H3,(H,23,26). The minimum absolute atomic E-state index is 0.152. The molecule has 1 saturated heterocycles. The van der Waals surface area contributed by atoms with Crippen LogP contribution in [0, 0.1) is 0 Å². The normalized spacial score (nSPS) is 14.7. The molecule has 2 N–H and O–H groups in total. The Bertz CT molecular complexity index is 805. The summed E-state index contributed by atoms with van der Waals surface area (Å²) in [6.45, 7) is 5.01. The number of anilines is 3. The molecule has 0 spiro atoms. The van der Waals surface area contributed by atoms with E-state index < -0.39 is 6.04 Å². The van der Waals surface area contributed by atoms with Crippen LogP contribution in [-0.2, 0) is 9.59 Å². The molecular formula is C21H25N3O3. The number of ether oxygens (including phenoxy) is 1. The van der Waals surface area contributed by atoms with Gasteiger partial charge in [-0.1, -0.05) is 12.1 Å². The fourth-order valence-corrected chi connectivity index (χ4v) is 3.07. The van der Waals surface area contributed by atoms with Crippen molar-refractivity contribution in [3.05, 3.63) is 48.5 Å². The van der Waals surface area contributed by atoms with Crippen LogP contribution in [0.1, 0.15) is 26.7 Å². The van der Waals surface area contributed by atoms with Gasteiger partial charge in [0.1, 0.15) is 11.8 Å². The Hall–Kier alpha value is -3.02. The van der Waals surface area contributed by atoms with Crippen molar-refractivity contribution in [1.82, 2.24) is 0 Å². The van der Waals surface area contributed by atoms with Gasteiger partial charge in [-0.05, 0) is 56.7 Å². The third kappa shape index (κ3) is 4.58. The van der Waals surface area contributed by atoms with Gasteiger partial charge in [0.25, 0.3) is 0 Å². The Morgan fingerprint density at radius 3 is 2.59 bits per heavy atom. The van der Waals surface area contributed by atoms with E-state index in [2.05, 4.69) is 10.6 Å². The molecule has 0 bridgehead atoms. The predicted molar refractivity (Wildman–Crippen MR) is 107 cm³/mol. The van der Waals surface area contributed by atoms with E-state index >= 15 is 0 Å². The second kappa shape index (κ2) is 8.58. The number of carbonyl (C=O) groups is 2. The van der Waals surface area contributed by atoms with E-state index in [1.807, 2.05) is 55.5 Å². The Kier molecular flexibility index (Phi) is 5.96. The first-order chi connectivity index (χ1) is 13.1. The summed E-state index contributed by atoms with van der Waals surface area (Å²) in [5, 5.41) is 6.08. The quantitative estimate of drug-likeness (QED) is 0.784. The third-order valence-corrected chi connectivity index (χ3v) is 4.47. The van der Waals surface area contributed by atoms with Gasteiger partial charge in [0.05, 0.1) is 12.3 Å². The molecular weight excluding hydrogens is 342 g/mol. The molecule has 1 heterocycles. The van der Waals surface area contributed by atoms with E-state index in [1.165, 1.54) is 0 Å². The zero-order valence-corrected chi connectivity index (χ0v) is 15.7. The molecule has 0 aromatic heterocycles. The fraction of sp³-hybridized carbons (Fsp3) is 0.333. The highest BCUT2D eigenvalue weighted by Crippen LogP contribution is 2.25. The van der Waals surface area contributed by atoms with Crippen LogP contribution in [0.15, 0.2) is 48.5 Å². The molecule has 1 unspecified atom stereocenters. The van der Waals surface area contributed by atoms with Gasteiger partial charge in [0.2, 0.25) is 11.8 Å². The third-order valence-electron chi connectivity index (χ3n) is 4.47. The van der Waals surface area contributed by atoms with Gasteiger partial charge in [-0.3, -0.25) is 9.59 Å². The molecule has 1 aliphatic heterocycles. The lowest BCUT2D eigenvalue weighted by molar-refractivity contribution is -0.117. The maximum atomic E-state index is 12.5. The second-order valence-corrected chi connectivity index (χ2v) is 6.48. The number of hydrogen-bond acceptors (Lipinski definition) is 4. The number of benzene rings is 2. The summed E-state index contributed by atoms with van der Waals surface area (Å²) < 4.78 is 5.54. The number of nitrogens with zero attached hydrogens (tertiary/aromatic N) is 1. The Balaban J connectivity index is 1.60. The maximum absolute atomic E-state index is 12.5. The van der Waals surface area contributed by atoms with Crippen molar-refractivity contribution in [1.29, 1.82) is 0 Å². The molecule has 3 rings (SSSR count). The van der Waals surface area contributed by atoms with E-state index in [0.717, 1.165) is 24.3 Å². The molecule has 1 atom stereocenters. The number of nitrogens with one attached hydrogen (secondary N) is 2. The van der Waals surface area contributed by atoms with Crippen LogP contribution in [0.25, 0.3) is 0 Å². The minimum atomic E-state index is -0.432. The average molecular weight is 367 g/mol. The van der Waals surface area contributed by atoms with Crippen molar-refractivity contribution in [2.75, 3.05) is 28.7 Å². The smallest absolute Gasteiger partial charge is 0.246 e. The molecule has 1 fully saturated rings. The van der Waals surface area contributed by atoms with Crippen LogP contribution >= 0.6 is 0 Å². The van der Waals surface area contributed by atoms with E-state index in [-0.39, 0.29) is 11.8 Å². The van der Waals surface area contributed by atoms with Crippen molar-refractivity contribution in [3.63, 3.8) is 0 Å². The summed E-state index contributed by atoms with van der Waals surface area (Å²) in [5.41, 5.74) is 2.37. The van der Waals surface area contributed by atoms with Crippen molar-refractivity contribution < 1.29 is 14.3 Å². The fourth-order valence-electron chi connectivity index (χ4n) is 3.07. The first-order valence-corrected chi connectivity index (χ1v) is 9.28. The molecule has 2 amide bonds. The number of hydrogen-bond donors (Lipinski definition) is 2. The number of para-hydroxylation sites is 2. The van der Waals surface area contributed by atoms with Gasteiger partial charge >= 0.3 is 0 Å². The van der Waals surface area contributed by atoms with Crippen molar-refractivity contribution in [3.8, 4) is 5.75 Å². The SMILES string of the molecule is CCOc1ccccc1NC(=O)C(C)Nc1ccc(N2CCCC2=O)cc1. The summed E-state index contributed by atoms with van der Waals surface area (Å²) in [6.07, 6.45) is 1.51. The molecule has 6 nitrogen and oxygen atoms in total. The molecule has 142 valence electrons. The van der Waals surface area contributed by atoms with E-state index in [1.54, 1.807) is 11.8 Å². The Labute approximate surface area is 159 Å². The van der Waals surface area contributed by atoms with Crippen LogP contribution in [-0.4, -0.2) is 31.0 Å². The monoisotopic (exact) mass is 367 g/mol. The van der Waals surface area contributed by atoms with Crippen LogP contribution in [0.4, 0.5) is 17.1 Å². The first-order valence-electron chi connectivity index (χ1n) is 9.28. The van der Waals surface area contributed by atoms with Crippen molar-refractivity contribution in [2.45, 2.75) is 32.7 Å². The minimum Gasteiger partial charge on any atom is -0.492 e. The van der Waals surface area contributed by atoms with Crippen LogP contribution < -0.4 is 20.3 Å². The topological polar surface area (TPSA) is 70.7 Å². The summed E-state index contributed by atoms with van der Waals surface area (Å²) in [5.74, 6) is 0.664. The van der Waals surface area contributed by atoms with E-state index in [0.29, 0.717) is 24.5 Å². The number of amides is 2. The predicted octanol–water partition coefficient (Wildman–Crippen LogP) is 3.65. The lowest BCUT2D eigenvalue weighted by Gasteiger charge is -2.19. The van der Waals surface area contributed by atoms with Crippen LogP contribution in [0.2, 0.25) is 0 Å². The van der Waals surface area contributed by atoms with Crippen LogP contribution in [0.3, 0.4) is 0 Å². The average Bonchev–Trinajstić information content (AvgIpc) is 3.10. The molecule has 0 radical (unpaired) electrons. The molecule has 1 aliphatic rings. The lowest BCUT2D eigenvalue weighted by atomic mass is 10.2. The number of carbonyl (C=O) groups excluding carboxylic acids is 2. The van der Waals surface area contributed by atoms with Gasteiger partial charge in [-0.15, -0.1) is 0 Å². The van der Waals surface area contributed by atoms with Gasteiger partial charge in [0.15, 0.2) is 0 Å². The van der Waals surface area contributed by atoms with Crippen LogP contribution in [0.5, 0.6) is 5.75 Å². The zero-order valence-electron chi connectivity index (χ0n) is 15.7. The first kappa shape index (κ1) is 18.8. The highest BCUT2D eigenvalue weighted by molar-refractivity contribution is 5.98. The summed E-state index contributed by atoms with van der Waals surface area (Å²) in [4.78, 5) is 26.1. The van der Waals surface area contributed by atoms with Gasteiger partial charge < -0.3 is 20.3 Å². The molecule has 0 saturated carbocycles. The highest BCUT2D eigenvalue weighted by atomic mass is 16.5. The van der Waals surface area contributed by atoms with Crippen molar-refractivity contribution >= 4 is 28.9 Å². The summed E-state index contributed by atoms with van der Waals surface area (Å²) in [7, 11) is 0. The summed E-state index contributed by atoms with van der Waals surface area (Å²) in [6, 6.07) is 14.5. The molecule has 2 aromatic carbocycles. The largest absolute Gasteiger partial charge is 0.492 e. The number of rotatable bonds is 7. The zero-order chi connectivity index (χ0) is 19.2. The maximum Gasteiger partial charge on any atom is 0.246 e. The molecule has 27 heavy (non-hydrogen) atoms. The Morgan fingerprint density at radius 2 is 1.93 bits per heavy atom. The van der Waals surface area contributed by atoms with E-state index in [9.17, 15) is 9.59 Å². The molecule has 0 aliphatic carbocycles. The Morgan fingerprint density at radius 1 is 1.19 bits per heavy atom. The van der Waals surface area contributed by atoms with Gasteiger partial charge in [0, 0.05) is 24.3 Å². The van der Waals surface area contributed by atoms with E-state index in [4.69, 9.17) is 4.74 Å². The summed E-state index contributed by atoms with van der Waals surface area (Å²) >= 11 is 0. The highest BCUT2D eigenvalue weighted by Gasteiger charge is 2.21. The van der Waals surface area contributed by atoms with Gasteiger partial charge in [-0.25, -0.2) is 0 Å². The lowest BCUT2D eigenvalue weighted by Crippen LogP contribution is -2.32. The molecule has 6 heteroatoms.